The lowest BCUT2D eigenvalue weighted by Gasteiger charge is -2.07. The summed E-state index contributed by atoms with van der Waals surface area (Å²) in [7, 11) is 0. The number of anilines is 1. The van der Waals surface area contributed by atoms with Gasteiger partial charge < -0.3 is 5.32 Å². The first-order valence-corrected chi connectivity index (χ1v) is 8.32. The summed E-state index contributed by atoms with van der Waals surface area (Å²) in [4.78, 5) is 9.54. The van der Waals surface area contributed by atoms with E-state index in [4.69, 9.17) is 11.6 Å². The molecule has 0 aliphatic rings. The number of nitrogens with zero attached hydrogens (tertiary/aromatic N) is 2. The van der Waals surface area contributed by atoms with E-state index in [9.17, 15) is 0 Å². The van der Waals surface area contributed by atoms with E-state index in [1.165, 1.54) is 16.9 Å². The van der Waals surface area contributed by atoms with Gasteiger partial charge in [0.25, 0.3) is 0 Å². The Kier molecular flexibility index (Phi) is 5.03. The minimum atomic E-state index is 0.584. The fourth-order valence-corrected chi connectivity index (χ4v) is 3.13. The van der Waals surface area contributed by atoms with Crippen molar-refractivity contribution in [2.45, 2.75) is 19.4 Å². The Bertz CT molecular complexity index is 728. The lowest BCUT2D eigenvalue weighted by Crippen LogP contribution is -1.99. The van der Waals surface area contributed by atoms with Gasteiger partial charge in [-0.1, -0.05) is 29.8 Å². The molecule has 1 N–H and O–H groups in total. The van der Waals surface area contributed by atoms with Gasteiger partial charge in [0.2, 0.25) is 0 Å². The lowest BCUT2D eigenvalue weighted by molar-refractivity contribution is 0.913. The molecule has 3 rings (SSSR count). The molecule has 0 aliphatic carbocycles. The van der Waals surface area contributed by atoms with E-state index in [0.717, 1.165) is 35.6 Å². The molecule has 0 saturated heterocycles. The van der Waals surface area contributed by atoms with Gasteiger partial charge in [0.1, 0.15) is 0 Å². The van der Waals surface area contributed by atoms with Crippen LogP contribution in [0.25, 0.3) is 0 Å². The van der Waals surface area contributed by atoms with Crippen molar-refractivity contribution in [2.24, 2.45) is 0 Å². The second-order valence-corrected chi connectivity index (χ2v) is 6.65. The van der Waals surface area contributed by atoms with Crippen LogP contribution in [0.15, 0.2) is 54.9 Å². The molecule has 0 atom stereocenters. The van der Waals surface area contributed by atoms with E-state index >= 15 is 0 Å². The molecule has 0 fully saturated rings. The number of rotatable bonds is 6. The second-order valence-electron chi connectivity index (χ2n) is 4.95. The van der Waals surface area contributed by atoms with E-state index < -0.39 is 0 Å². The van der Waals surface area contributed by atoms with Gasteiger partial charge in [-0.3, -0.25) is 4.98 Å². The number of nitrogens with one attached hydrogen (secondary N) is 1. The van der Waals surface area contributed by atoms with Crippen molar-refractivity contribution in [3.63, 3.8) is 0 Å². The monoisotopic (exact) mass is 329 g/mol. The molecule has 3 nitrogen and oxygen atoms in total. The Morgan fingerprint density at radius 1 is 1.05 bits per heavy atom. The predicted octanol–water partition coefficient (Wildman–Crippen LogP) is 4.59. The van der Waals surface area contributed by atoms with Crippen molar-refractivity contribution >= 4 is 28.6 Å². The van der Waals surface area contributed by atoms with Crippen LogP contribution < -0.4 is 5.32 Å². The van der Waals surface area contributed by atoms with E-state index in [1.54, 1.807) is 0 Å². The SMILES string of the molecule is Clc1ncc(CNc2cccc(CCc3ccccn3)c2)s1. The van der Waals surface area contributed by atoms with Crippen molar-refractivity contribution in [3.05, 3.63) is 75.5 Å². The number of aryl methyl sites for hydroxylation is 2. The Hall–Kier alpha value is -1.91. The van der Waals surface area contributed by atoms with Crippen molar-refractivity contribution in [1.82, 2.24) is 9.97 Å². The summed E-state index contributed by atoms with van der Waals surface area (Å²) in [6, 6.07) is 14.5. The fourth-order valence-electron chi connectivity index (χ4n) is 2.21. The van der Waals surface area contributed by atoms with Gasteiger partial charge in [-0.25, -0.2) is 4.98 Å². The van der Waals surface area contributed by atoms with Gasteiger partial charge in [-0.05, 0) is 42.7 Å². The number of hydrogen-bond donors (Lipinski definition) is 1. The van der Waals surface area contributed by atoms with Crippen molar-refractivity contribution in [2.75, 3.05) is 5.32 Å². The first-order valence-electron chi connectivity index (χ1n) is 7.12. The van der Waals surface area contributed by atoms with Crippen LogP contribution in [0.3, 0.4) is 0 Å². The van der Waals surface area contributed by atoms with Crippen LogP contribution in [0.5, 0.6) is 0 Å². The zero-order valence-corrected chi connectivity index (χ0v) is 13.6. The van der Waals surface area contributed by atoms with Crippen LogP contribution in [0.4, 0.5) is 5.69 Å². The van der Waals surface area contributed by atoms with Gasteiger partial charge in [0, 0.05) is 28.7 Å². The van der Waals surface area contributed by atoms with Crippen LogP contribution in [-0.4, -0.2) is 9.97 Å². The number of aromatic nitrogens is 2. The summed E-state index contributed by atoms with van der Waals surface area (Å²) in [5.41, 5.74) is 3.54. The summed E-state index contributed by atoms with van der Waals surface area (Å²) in [5, 5.41) is 3.41. The molecule has 0 saturated carbocycles. The zero-order chi connectivity index (χ0) is 15.2. The van der Waals surface area contributed by atoms with E-state index in [2.05, 4.69) is 45.6 Å². The Labute approximate surface area is 139 Å². The van der Waals surface area contributed by atoms with Crippen LogP contribution in [0.1, 0.15) is 16.1 Å². The lowest BCUT2D eigenvalue weighted by atomic mass is 10.1. The molecule has 112 valence electrons. The highest BCUT2D eigenvalue weighted by Gasteiger charge is 2.01. The van der Waals surface area contributed by atoms with E-state index in [-0.39, 0.29) is 0 Å². The molecule has 1 aromatic carbocycles. The highest BCUT2D eigenvalue weighted by Crippen LogP contribution is 2.19. The van der Waals surface area contributed by atoms with E-state index in [0.29, 0.717) is 4.47 Å². The molecule has 0 unspecified atom stereocenters. The standard InChI is InChI=1S/C17H16ClN3S/c18-17-21-12-16(22-17)11-20-15-6-3-4-13(10-15)7-8-14-5-1-2-9-19-14/h1-6,9-10,12,20H,7-8,11H2. The van der Waals surface area contributed by atoms with Crippen LogP contribution in [0.2, 0.25) is 4.47 Å². The normalized spacial score (nSPS) is 10.6. The minimum absolute atomic E-state index is 0.584. The van der Waals surface area contributed by atoms with E-state index in [1.807, 2.05) is 24.5 Å². The maximum atomic E-state index is 5.84. The van der Waals surface area contributed by atoms with Crippen molar-refractivity contribution < 1.29 is 0 Å². The second kappa shape index (κ2) is 7.38. The fraction of sp³-hybridized carbons (Fsp3) is 0.176. The van der Waals surface area contributed by atoms with Crippen LogP contribution in [-0.2, 0) is 19.4 Å². The molecular weight excluding hydrogens is 314 g/mol. The van der Waals surface area contributed by atoms with Gasteiger partial charge in [-0.2, -0.15) is 0 Å². The van der Waals surface area contributed by atoms with Crippen LogP contribution in [0, 0.1) is 0 Å². The summed E-state index contributed by atoms with van der Waals surface area (Å²) < 4.78 is 0.584. The quantitative estimate of drug-likeness (QED) is 0.718. The topological polar surface area (TPSA) is 37.8 Å². The molecule has 0 aliphatic heterocycles. The Balaban J connectivity index is 1.57. The number of halogens is 1. The maximum absolute atomic E-state index is 5.84. The summed E-state index contributed by atoms with van der Waals surface area (Å²) in [5.74, 6) is 0. The molecule has 5 heteroatoms. The van der Waals surface area contributed by atoms with Gasteiger partial charge in [0.15, 0.2) is 4.47 Å². The summed E-state index contributed by atoms with van der Waals surface area (Å²) in [6.45, 7) is 0.744. The molecule has 0 spiro atoms. The number of benzene rings is 1. The third-order valence-corrected chi connectivity index (χ3v) is 4.43. The maximum Gasteiger partial charge on any atom is 0.183 e. The molecule has 0 amide bonds. The number of hydrogen-bond acceptors (Lipinski definition) is 4. The first kappa shape index (κ1) is 15.0. The highest BCUT2D eigenvalue weighted by atomic mass is 35.5. The third kappa shape index (κ3) is 4.29. The average Bonchev–Trinajstić information content (AvgIpc) is 2.98. The predicted molar refractivity (Wildman–Crippen MR) is 92.5 cm³/mol. The third-order valence-electron chi connectivity index (χ3n) is 3.32. The van der Waals surface area contributed by atoms with Gasteiger partial charge in [-0.15, -0.1) is 11.3 Å². The average molecular weight is 330 g/mol. The van der Waals surface area contributed by atoms with Crippen molar-refractivity contribution in [3.8, 4) is 0 Å². The van der Waals surface area contributed by atoms with Gasteiger partial charge >= 0.3 is 0 Å². The number of thiazole rings is 1. The van der Waals surface area contributed by atoms with Crippen molar-refractivity contribution in [1.29, 1.82) is 0 Å². The minimum Gasteiger partial charge on any atom is -0.380 e. The molecule has 0 bridgehead atoms. The molecule has 2 aromatic heterocycles. The molecule has 3 aromatic rings. The largest absolute Gasteiger partial charge is 0.380 e. The molecule has 2 heterocycles. The molecule has 0 radical (unpaired) electrons. The number of pyridine rings is 1. The zero-order valence-electron chi connectivity index (χ0n) is 12.0. The first-order chi connectivity index (χ1) is 10.8. The van der Waals surface area contributed by atoms with Crippen LogP contribution >= 0.6 is 22.9 Å². The Morgan fingerprint density at radius 3 is 2.77 bits per heavy atom. The molecular formula is C17H16ClN3S. The smallest absolute Gasteiger partial charge is 0.183 e. The highest BCUT2D eigenvalue weighted by molar-refractivity contribution is 7.15. The van der Waals surface area contributed by atoms with Gasteiger partial charge in [0.05, 0.1) is 6.54 Å². The summed E-state index contributed by atoms with van der Waals surface area (Å²) >= 11 is 7.34. The Morgan fingerprint density at radius 2 is 2.00 bits per heavy atom. The molecule has 22 heavy (non-hydrogen) atoms. The summed E-state index contributed by atoms with van der Waals surface area (Å²) in [6.07, 6.45) is 5.59.